The summed E-state index contributed by atoms with van der Waals surface area (Å²) in [5.74, 6) is 0.659. The van der Waals surface area contributed by atoms with Crippen LogP contribution in [0.3, 0.4) is 0 Å². The van der Waals surface area contributed by atoms with Crippen molar-refractivity contribution < 1.29 is 10.0 Å². The van der Waals surface area contributed by atoms with Gasteiger partial charge in [-0.05, 0) is 36.2 Å². The Kier molecular flexibility index (Phi) is 6.39. The topological polar surface area (TPSA) is 63.4 Å². The second kappa shape index (κ2) is 8.11. The highest BCUT2D eigenvalue weighted by Crippen LogP contribution is 2.32. The second-order valence-electron chi connectivity index (χ2n) is 8.29. The molecule has 1 aromatic rings. The van der Waals surface area contributed by atoms with Crippen LogP contribution < -0.4 is 0 Å². The van der Waals surface area contributed by atoms with Crippen molar-refractivity contribution in [3.05, 3.63) is 39.4 Å². The van der Waals surface area contributed by atoms with Crippen molar-refractivity contribution in [2.24, 2.45) is 5.92 Å². The first-order chi connectivity index (χ1) is 11.3. The highest BCUT2D eigenvalue weighted by Gasteiger charge is 2.25. The average Bonchev–Trinajstić information content (AvgIpc) is 2.52. The second-order valence-corrected chi connectivity index (χ2v) is 8.29. The summed E-state index contributed by atoms with van der Waals surface area (Å²) in [5.41, 5.74) is 1.65. The predicted molar refractivity (Wildman–Crippen MR) is 97.3 cm³/mol. The molecule has 1 atom stereocenters. The normalized spacial score (nSPS) is 17.7. The fraction of sp³-hybridized carbons (Fsp3) is 0.700. The predicted octanol–water partition coefficient (Wildman–Crippen LogP) is 5.16. The number of nitro groups is 1. The van der Waals surface area contributed by atoms with Gasteiger partial charge in [0.05, 0.1) is 11.0 Å². The number of aliphatic hydroxyl groups excluding tert-OH is 1. The van der Waals surface area contributed by atoms with E-state index in [0.29, 0.717) is 18.8 Å². The van der Waals surface area contributed by atoms with Crippen molar-refractivity contribution in [1.82, 2.24) is 0 Å². The number of benzene rings is 1. The minimum atomic E-state index is -0.297. The Morgan fingerprint density at radius 2 is 1.92 bits per heavy atom. The molecule has 1 aromatic carbocycles. The van der Waals surface area contributed by atoms with Gasteiger partial charge in [-0.3, -0.25) is 10.1 Å². The van der Waals surface area contributed by atoms with Gasteiger partial charge in [-0.2, -0.15) is 0 Å². The first-order valence-corrected chi connectivity index (χ1v) is 9.23. The van der Waals surface area contributed by atoms with E-state index in [1.54, 1.807) is 6.07 Å². The Hall–Kier alpha value is -1.42. The SMILES string of the molecule is CC(C)(C)c1ccc(CCC(O)CC2CCCCC2)cc1[N+](=O)[O-]. The van der Waals surface area contributed by atoms with Gasteiger partial charge in [0.1, 0.15) is 0 Å². The van der Waals surface area contributed by atoms with Gasteiger partial charge in [-0.25, -0.2) is 0 Å². The third kappa shape index (κ3) is 5.30. The van der Waals surface area contributed by atoms with E-state index in [9.17, 15) is 15.2 Å². The van der Waals surface area contributed by atoms with Gasteiger partial charge in [-0.15, -0.1) is 0 Å². The van der Waals surface area contributed by atoms with E-state index in [4.69, 9.17) is 0 Å². The van der Waals surface area contributed by atoms with E-state index in [2.05, 4.69) is 0 Å². The smallest absolute Gasteiger partial charge is 0.273 e. The van der Waals surface area contributed by atoms with Crippen molar-refractivity contribution in [1.29, 1.82) is 0 Å². The maximum atomic E-state index is 11.4. The molecule has 0 aliphatic heterocycles. The van der Waals surface area contributed by atoms with Gasteiger partial charge >= 0.3 is 0 Å². The van der Waals surface area contributed by atoms with E-state index >= 15 is 0 Å². The van der Waals surface area contributed by atoms with Crippen LogP contribution in [0.5, 0.6) is 0 Å². The van der Waals surface area contributed by atoms with E-state index in [1.807, 2.05) is 32.9 Å². The number of aryl methyl sites for hydroxylation is 1. The molecule has 1 saturated carbocycles. The lowest BCUT2D eigenvalue weighted by atomic mass is 9.83. The third-order valence-electron chi connectivity index (χ3n) is 5.16. The summed E-state index contributed by atoms with van der Waals surface area (Å²) in [6.45, 7) is 5.97. The van der Waals surface area contributed by atoms with Crippen LogP contribution in [-0.4, -0.2) is 16.1 Å². The zero-order chi connectivity index (χ0) is 17.7. The number of nitrogens with zero attached hydrogens (tertiary/aromatic N) is 1. The van der Waals surface area contributed by atoms with E-state index in [1.165, 1.54) is 32.1 Å². The lowest BCUT2D eigenvalue weighted by Crippen LogP contribution is -2.17. The number of nitro benzene ring substituents is 1. The van der Waals surface area contributed by atoms with Crippen LogP contribution in [-0.2, 0) is 11.8 Å². The molecule has 0 amide bonds. The van der Waals surface area contributed by atoms with Crippen LogP contribution in [0.15, 0.2) is 18.2 Å². The average molecular weight is 333 g/mol. The van der Waals surface area contributed by atoms with Crippen LogP contribution in [0.2, 0.25) is 0 Å². The standard InChI is InChI=1S/C20H31NO3/c1-20(2,3)18-12-10-16(14-19(18)21(23)24)9-11-17(22)13-15-7-5-4-6-8-15/h10,12,14-15,17,22H,4-9,11,13H2,1-3H3. The zero-order valence-electron chi connectivity index (χ0n) is 15.3. The van der Waals surface area contributed by atoms with Crippen LogP contribution in [0, 0.1) is 16.0 Å². The van der Waals surface area contributed by atoms with Gasteiger partial charge in [0.25, 0.3) is 5.69 Å². The summed E-state index contributed by atoms with van der Waals surface area (Å²) in [4.78, 5) is 11.1. The molecule has 0 bridgehead atoms. The van der Waals surface area contributed by atoms with Gasteiger partial charge in [-0.1, -0.05) is 65.0 Å². The molecule has 24 heavy (non-hydrogen) atoms. The summed E-state index contributed by atoms with van der Waals surface area (Å²) in [6.07, 6.45) is 8.34. The number of hydrogen-bond donors (Lipinski definition) is 1. The summed E-state index contributed by atoms with van der Waals surface area (Å²) in [5, 5.41) is 21.7. The van der Waals surface area contributed by atoms with Crippen LogP contribution in [0.1, 0.15) is 76.8 Å². The first-order valence-electron chi connectivity index (χ1n) is 9.23. The van der Waals surface area contributed by atoms with Crippen LogP contribution >= 0.6 is 0 Å². The fourth-order valence-corrected chi connectivity index (χ4v) is 3.78. The fourth-order valence-electron chi connectivity index (χ4n) is 3.78. The van der Waals surface area contributed by atoms with Crippen LogP contribution in [0.4, 0.5) is 5.69 Å². The minimum Gasteiger partial charge on any atom is -0.393 e. The van der Waals surface area contributed by atoms with E-state index < -0.39 is 0 Å². The molecule has 1 aliphatic rings. The summed E-state index contributed by atoms with van der Waals surface area (Å²) in [6, 6.07) is 5.54. The quantitative estimate of drug-likeness (QED) is 0.578. The number of aliphatic hydroxyl groups is 1. The molecule has 0 saturated heterocycles. The largest absolute Gasteiger partial charge is 0.393 e. The molecular formula is C20H31NO3. The third-order valence-corrected chi connectivity index (χ3v) is 5.16. The van der Waals surface area contributed by atoms with Gasteiger partial charge in [0, 0.05) is 11.6 Å². The Bertz CT molecular complexity index is 556. The van der Waals surface area contributed by atoms with Crippen LogP contribution in [0.25, 0.3) is 0 Å². The molecule has 1 N–H and O–H groups in total. The van der Waals surface area contributed by atoms with Crippen molar-refractivity contribution in [3.8, 4) is 0 Å². The minimum absolute atomic E-state index is 0.196. The molecule has 1 aliphatic carbocycles. The number of rotatable bonds is 6. The van der Waals surface area contributed by atoms with Crippen molar-refractivity contribution in [3.63, 3.8) is 0 Å². The summed E-state index contributed by atoms with van der Waals surface area (Å²) in [7, 11) is 0. The molecular weight excluding hydrogens is 302 g/mol. The van der Waals surface area contributed by atoms with Gasteiger partial charge in [0.15, 0.2) is 0 Å². The molecule has 1 fully saturated rings. The maximum Gasteiger partial charge on any atom is 0.273 e. The molecule has 0 aromatic heterocycles. The number of hydrogen-bond acceptors (Lipinski definition) is 3. The Morgan fingerprint density at radius 1 is 1.25 bits per heavy atom. The maximum absolute atomic E-state index is 11.4. The molecule has 2 rings (SSSR count). The molecule has 1 unspecified atom stereocenters. The summed E-state index contributed by atoms with van der Waals surface area (Å²) >= 11 is 0. The molecule has 0 heterocycles. The Balaban J connectivity index is 1.97. The van der Waals surface area contributed by atoms with Gasteiger partial charge in [0.2, 0.25) is 0 Å². The van der Waals surface area contributed by atoms with E-state index in [-0.39, 0.29) is 22.1 Å². The highest BCUT2D eigenvalue weighted by molar-refractivity contribution is 5.47. The monoisotopic (exact) mass is 333 g/mol. The molecule has 134 valence electrons. The van der Waals surface area contributed by atoms with Crippen molar-refractivity contribution in [2.75, 3.05) is 0 Å². The first kappa shape index (κ1) is 18.9. The Morgan fingerprint density at radius 3 is 2.50 bits per heavy atom. The lowest BCUT2D eigenvalue weighted by molar-refractivity contribution is -0.386. The molecule has 4 nitrogen and oxygen atoms in total. The van der Waals surface area contributed by atoms with Crippen molar-refractivity contribution in [2.45, 2.75) is 83.7 Å². The molecule has 0 spiro atoms. The lowest BCUT2D eigenvalue weighted by Gasteiger charge is -2.24. The summed E-state index contributed by atoms with van der Waals surface area (Å²) < 4.78 is 0. The molecule has 4 heteroatoms. The highest BCUT2D eigenvalue weighted by atomic mass is 16.6. The molecule has 0 radical (unpaired) electrons. The van der Waals surface area contributed by atoms with Gasteiger partial charge < -0.3 is 5.11 Å². The zero-order valence-corrected chi connectivity index (χ0v) is 15.3. The Labute approximate surface area is 145 Å². The van der Waals surface area contributed by atoms with Crippen molar-refractivity contribution >= 4 is 5.69 Å². The van der Waals surface area contributed by atoms with E-state index in [0.717, 1.165) is 17.5 Å².